The van der Waals surface area contributed by atoms with Gasteiger partial charge in [0.15, 0.2) is 0 Å². The minimum atomic E-state index is 1.06. The summed E-state index contributed by atoms with van der Waals surface area (Å²) in [5.41, 5.74) is 10.5. The molecule has 0 aliphatic carbocycles. The van der Waals surface area contributed by atoms with E-state index in [2.05, 4.69) is 153 Å². The van der Waals surface area contributed by atoms with Crippen LogP contribution in [-0.4, -0.2) is 18.6 Å². The lowest BCUT2D eigenvalue weighted by Gasteiger charge is -2.12. The van der Waals surface area contributed by atoms with Crippen molar-refractivity contribution in [2.45, 2.75) is 0 Å². The van der Waals surface area contributed by atoms with Crippen LogP contribution in [0.25, 0.3) is 82.2 Å². The van der Waals surface area contributed by atoms with E-state index in [0.717, 1.165) is 33.1 Å². The summed E-state index contributed by atoms with van der Waals surface area (Å²) in [4.78, 5) is 0. The van der Waals surface area contributed by atoms with Crippen molar-refractivity contribution in [2.75, 3.05) is 0 Å². The third-order valence-electron chi connectivity index (χ3n) is 9.08. The van der Waals surface area contributed by atoms with Gasteiger partial charge in [0.25, 0.3) is 0 Å². The van der Waals surface area contributed by atoms with Crippen molar-refractivity contribution >= 4 is 65.4 Å². The maximum Gasteiger partial charge on any atom is 0.0914 e. The molecule has 4 heteroatoms. The van der Waals surface area contributed by atoms with Crippen molar-refractivity contribution in [1.29, 1.82) is 0 Å². The molecule has 10 rings (SSSR count). The summed E-state index contributed by atoms with van der Waals surface area (Å²) >= 11 is 0. The molecule has 0 fully saturated rings. The van der Waals surface area contributed by atoms with Crippen LogP contribution in [-0.2, 0) is 0 Å². The number of hydrogen-bond donors (Lipinski definition) is 0. The summed E-state index contributed by atoms with van der Waals surface area (Å²) in [5, 5.41) is 12.2. The molecule has 0 saturated heterocycles. The third kappa shape index (κ3) is 3.07. The fourth-order valence-electron chi connectivity index (χ4n) is 7.16. The molecule has 0 atom stereocenters. The van der Waals surface area contributed by atoms with Gasteiger partial charge in [-0.3, -0.25) is 0 Å². The summed E-state index contributed by atoms with van der Waals surface area (Å²) in [5.74, 6) is 0. The Labute approximate surface area is 246 Å². The van der Waals surface area contributed by atoms with E-state index in [9.17, 15) is 0 Å². The zero-order valence-corrected chi connectivity index (χ0v) is 23.1. The van der Waals surface area contributed by atoms with Crippen LogP contribution >= 0.6 is 0 Å². The van der Waals surface area contributed by atoms with Crippen molar-refractivity contribution in [3.05, 3.63) is 146 Å². The van der Waals surface area contributed by atoms with E-state index in [0.29, 0.717) is 0 Å². The molecule has 0 spiro atoms. The standard InChI is InChI=1S/C39H24N4/c1-2-8-25(9-3-1)26-16-18-29(19-17-26)42-34-15-5-4-12-30(34)33-22-36-37(23-35(33)42)43-39-28(24-40-43)11-7-14-32(39)31-13-6-10-27-20-21-41(36)38(27)31/h1-24H. The smallest absolute Gasteiger partial charge is 0.0914 e. The van der Waals surface area contributed by atoms with Gasteiger partial charge in [0, 0.05) is 44.2 Å². The molecule has 0 bridgehead atoms. The molecule has 4 nitrogen and oxygen atoms in total. The first-order chi connectivity index (χ1) is 21.3. The zero-order valence-electron chi connectivity index (χ0n) is 23.1. The van der Waals surface area contributed by atoms with Crippen molar-refractivity contribution in [3.63, 3.8) is 0 Å². The van der Waals surface area contributed by atoms with E-state index in [4.69, 9.17) is 5.10 Å². The second kappa shape index (κ2) is 8.34. The number of nitrogens with zero attached hydrogens (tertiary/aromatic N) is 4. The Kier molecular flexibility index (Phi) is 4.42. The van der Waals surface area contributed by atoms with Crippen molar-refractivity contribution < 1.29 is 0 Å². The minimum Gasteiger partial charge on any atom is -0.314 e. The highest BCUT2D eigenvalue weighted by atomic mass is 15.2. The Balaban J connectivity index is 1.38. The van der Waals surface area contributed by atoms with Crippen LogP contribution in [0.15, 0.2) is 146 Å². The first-order valence-corrected chi connectivity index (χ1v) is 14.6. The fraction of sp³-hybridized carbons (Fsp3) is 0. The number of hydrogen-bond acceptors (Lipinski definition) is 1. The van der Waals surface area contributed by atoms with Crippen molar-refractivity contribution in [3.8, 4) is 16.8 Å². The maximum atomic E-state index is 4.99. The highest BCUT2D eigenvalue weighted by molar-refractivity contribution is 6.17. The molecule has 0 amide bonds. The number of rotatable bonds is 2. The molecule has 43 heavy (non-hydrogen) atoms. The second-order valence-corrected chi connectivity index (χ2v) is 11.4. The molecule has 6 aromatic carbocycles. The van der Waals surface area contributed by atoms with E-state index in [1.165, 1.54) is 49.1 Å². The van der Waals surface area contributed by atoms with E-state index in [1.54, 1.807) is 0 Å². The van der Waals surface area contributed by atoms with E-state index < -0.39 is 0 Å². The molecule has 0 unspecified atom stereocenters. The van der Waals surface area contributed by atoms with Gasteiger partial charge in [0.1, 0.15) is 0 Å². The summed E-state index contributed by atoms with van der Waals surface area (Å²) in [6.07, 6.45) is 4.19. The lowest BCUT2D eigenvalue weighted by Crippen LogP contribution is -1.97. The van der Waals surface area contributed by atoms with Crippen LogP contribution in [0.3, 0.4) is 0 Å². The molecule has 0 N–H and O–H groups in total. The Hall–Kier alpha value is -5.87. The minimum absolute atomic E-state index is 1.06. The molecular weight excluding hydrogens is 524 g/mol. The lowest BCUT2D eigenvalue weighted by molar-refractivity contribution is 1.01. The fourth-order valence-corrected chi connectivity index (χ4v) is 7.16. The summed E-state index contributed by atoms with van der Waals surface area (Å²) in [6, 6.07) is 48.2. The molecule has 0 saturated carbocycles. The molecule has 0 aliphatic heterocycles. The Bertz CT molecular complexity index is 2710. The van der Waals surface area contributed by atoms with E-state index in [-0.39, 0.29) is 0 Å². The topological polar surface area (TPSA) is 26.6 Å². The predicted molar refractivity (Wildman–Crippen MR) is 178 cm³/mol. The molecular formula is C39H24N4. The Morgan fingerprint density at radius 1 is 0.442 bits per heavy atom. The summed E-state index contributed by atoms with van der Waals surface area (Å²) in [7, 11) is 0. The van der Waals surface area contributed by atoms with Gasteiger partial charge in [0.05, 0.1) is 39.3 Å². The Morgan fingerprint density at radius 2 is 1.16 bits per heavy atom. The number of para-hydroxylation sites is 3. The molecule has 4 heterocycles. The van der Waals surface area contributed by atoms with Gasteiger partial charge in [-0.25, -0.2) is 4.52 Å². The molecule has 0 aliphatic rings. The van der Waals surface area contributed by atoms with Crippen molar-refractivity contribution in [1.82, 2.24) is 18.6 Å². The van der Waals surface area contributed by atoms with Gasteiger partial charge in [0.2, 0.25) is 0 Å². The van der Waals surface area contributed by atoms with Crippen LogP contribution in [0.4, 0.5) is 0 Å². The quantitative estimate of drug-likeness (QED) is 0.211. The van der Waals surface area contributed by atoms with Gasteiger partial charge < -0.3 is 8.97 Å². The van der Waals surface area contributed by atoms with Gasteiger partial charge in [-0.05, 0) is 47.5 Å². The van der Waals surface area contributed by atoms with Gasteiger partial charge >= 0.3 is 0 Å². The van der Waals surface area contributed by atoms with Crippen LogP contribution in [0, 0.1) is 0 Å². The molecule has 0 radical (unpaired) electrons. The van der Waals surface area contributed by atoms with Gasteiger partial charge in [-0.2, -0.15) is 5.10 Å². The van der Waals surface area contributed by atoms with E-state index >= 15 is 0 Å². The zero-order chi connectivity index (χ0) is 28.1. The average molecular weight is 549 g/mol. The highest BCUT2D eigenvalue weighted by Gasteiger charge is 2.18. The number of fused-ring (bicyclic) bond motifs is 7. The average Bonchev–Trinajstić information content (AvgIpc) is 3.78. The van der Waals surface area contributed by atoms with Gasteiger partial charge in [-0.15, -0.1) is 0 Å². The summed E-state index contributed by atoms with van der Waals surface area (Å²) < 4.78 is 6.88. The monoisotopic (exact) mass is 548 g/mol. The lowest BCUT2D eigenvalue weighted by atomic mass is 10.1. The Morgan fingerprint density at radius 3 is 2.02 bits per heavy atom. The highest BCUT2D eigenvalue weighted by Crippen LogP contribution is 2.38. The van der Waals surface area contributed by atoms with E-state index in [1.807, 2.05) is 6.20 Å². The largest absolute Gasteiger partial charge is 0.314 e. The first-order valence-electron chi connectivity index (χ1n) is 14.6. The normalized spacial score (nSPS) is 12.2. The molecule has 200 valence electrons. The number of benzene rings is 6. The van der Waals surface area contributed by atoms with Gasteiger partial charge in [-0.1, -0.05) is 97.1 Å². The predicted octanol–water partition coefficient (Wildman–Crippen LogP) is 9.81. The number of aromatic nitrogens is 4. The first kappa shape index (κ1) is 22.8. The third-order valence-corrected chi connectivity index (χ3v) is 9.08. The molecule has 4 aromatic heterocycles. The molecule has 10 aromatic rings. The SMILES string of the molecule is c1ccc(-c2ccc(-n3c4ccccc4c4cc5c(cc43)n3ncc4cccc(c6cccc7ccn5c76)c43)cc2)cc1. The van der Waals surface area contributed by atoms with Crippen LogP contribution in [0.5, 0.6) is 0 Å². The van der Waals surface area contributed by atoms with Crippen LogP contribution < -0.4 is 0 Å². The van der Waals surface area contributed by atoms with Crippen LogP contribution in [0.2, 0.25) is 0 Å². The van der Waals surface area contributed by atoms with Crippen molar-refractivity contribution in [2.24, 2.45) is 0 Å². The van der Waals surface area contributed by atoms with Crippen LogP contribution in [0.1, 0.15) is 0 Å². The summed E-state index contributed by atoms with van der Waals surface area (Å²) in [6.45, 7) is 0. The second-order valence-electron chi connectivity index (χ2n) is 11.4. The maximum absolute atomic E-state index is 4.99.